The second kappa shape index (κ2) is 6.70. The second-order valence-corrected chi connectivity index (χ2v) is 5.73. The lowest BCUT2D eigenvalue weighted by atomic mass is 10.2. The summed E-state index contributed by atoms with van der Waals surface area (Å²) in [5, 5.41) is 2.87. The SMILES string of the molecule is CN(C(=O)NC1CC(=O)N(c2ccc(F)cc2)C1)c1ccccc1. The van der Waals surface area contributed by atoms with Gasteiger partial charge in [-0.3, -0.25) is 9.69 Å². The fraction of sp³-hybridized carbons (Fsp3) is 0.222. The Bertz CT molecular complexity index is 734. The van der Waals surface area contributed by atoms with Crippen LogP contribution in [0.1, 0.15) is 6.42 Å². The summed E-state index contributed by atoms with van der Waals surface area (Å²) in [6.07, 6.45) is 0.228. The Hall–Kier alpha value is -2.89. The number of carbonyl (C=O) groups is 2. The molecule has 3 amide bonds. The molecule has 2 aromatic rings. The fourth-order valence-electron chi connectivity index (χ4n) is 2.72. The third-order valence-electron chi connectivity index (χ3n) is 4.04. The topological polar surface area (TPSA) is 52.7 Å². The van der Waals surface area contributed by atoms with E-state index in [2.05, 4.69) is 5.32 Å². The van der Waals surface area contributed by atoms with Gasteiger partial charge in [0.15, 0.2) is 0 Å². The van der Waals surface area contributed by atoms with Gasteiger partial charge in [0.05, 0.1) is 6.04 Å². The number of nitrogens with zero attached hydrogens (tertiary/aromatic N) is 2. The van der Waals surface area contributed by atoms with Crippen LogP contribution in [0.4, 0.5) is 20.6 Å². The molecule has 0 radical (unpaired) electrons. The first-order chi connectivity index (χ1) is 11.5. The van der Waals surface area contributed by atoms with E-state index in [1.165, 1.54) is 17.0 Å². The van der Waals surface area contributed by atoms with E-state index in [-0.39, 0.29) is 30.2 Å². The van der Waals surface area contributed by atoms with Crippen LogP contribution < -0.4 is 15.1 Å². The van der Waals surface area contributed by atoms with E-state index in [0.29, 0.717) is 12.2 Å². The summed E-state index contributed by atoms with van der Waals surface area (Å²) in [5.74, 6) is -0.436. The summed E-state index contributed by atoms with van der Waals surface area (Å²) in [5.41, 5.74) is 1.41. The number of halogens is 1. The zero-order valence-corrected chi connectivity index (χ0v) is 13.3. The van der Waals surface area contributed by atoms with Gasteiger partial charge in [0.2, 0.25) is 5.91 Å². The highest BCUT2D eigenvalue weighted by Crippen LogP contribution is 2.22. The molecule has 1 fully saturated rings. The minimum Gasteiger partial charge on any atom is -0.333 e. The quantitative estimate of drug-likeness (QED) is 0.942. The van der Waals surface area contributed by atoms with Crippen molar-refractivity contribution in [3.63, 3.8) is 0 Å². The molecule has 124 valence electrons. The van der Waals surface area contributed by atoms with Crippen LogP contribution in [0.25, 0.3) is 0 Å². The maximum atomic E-state index is 13.0. The Morgan fingerprint density at radius 1 is 1.17 bits per heavy atom. The number of rotatable bonds is 3. The van der Waals surface area contributed by atoms with Gasteiger partial charge in [-0.25, -0.2) is 9.18 Å². The highest BCUT2D eigenvalue weighted by Gasteiger charge is 2.32. The fourth-order valence-corrected chi connectivity index (χ4v) is 2.72. The summed E-state index contributed by atoms with van der Waals surface area (Å²) < 4.78 is 13.0. The smallest absolute Gasteiger partial charge is 0.321 e. The maximum Gasteiger partial charge on any atom is 0.321 e. The average molecular weight is 327 g/mol. The van der Waals surface area contributed by atoms with Crippen molar-refractivity contribution in [2.24, 2.45) is 0 Å². The zero-order valence-electron chi connectivity index (χ0n) is 13.3. The van der Waals surface area contributed by atoms with Crippen LogP contribution in [0, 0.1) is 5.82 Å². The van der Waals surface area contributed by atoms with E-state index < -0.39 is 0 Å². The summed E-state index contributed by atoms with van der Waals surface area (Å²) in [4.78, 5) is 27.6. The molecule has 5 nitrogen and oxygen atoms in total. The molecule has 1 aliphatic heterocycles. The number of amides is 3. The molecule has 0 spiro atoms. The van der Waals surface area contributed by atoms with Crippen molar-refractivity contribution in [3.8, 4) is 0 Å². The molecule has 24 heavy (non-hydrogen) atoms. The van der Waals surface area contributed by atoms with Crippen LogP contribution in [-0.2, 0) is 4.79 Å². The Morgan fingerprint density at radius 2 is 1.83 bits per heavy atom. The number of anilines is 2. The third kappa shape index (κ3) is 3.37. The first-order valence-electron chi connectivity index (χ1n) is 7.70. The van der Waals surface area contributed by atoms with E-state index in [4.69, 9.17) is 0 Å². The first kappa shape index (κ1) is 16.0. The van der Waals surface area contributed by atoms with E-state index in [9.17, 15) is 14.0 Å². The number of carbonyl (C=O) groups excluding carboxylic acids is 2. The Morgan fingerprint density at radius 3 is 2.50 bits per heavy atom. The van der Waals surface area contributed by atoms with Gasteiger partial charge in [-0.15, -0.1) is 0 Å². The van der Waals surface area contributed by atoms with Crippen molar-refractivity contribution in [3.05, 3.63) is 60.4 Å². The lowest BCUT2D eigenvalue weighted by molar-refractivity contribution is -0.117. The molecule has 1 N–H and O–H groups in total. The largest absolute Gasteiger partial charge is 0.333 e. The minimum absolute atomic E-state index is 0.0886. The normalized spacial score (nSPS) is 17.0. The first-order valence-corrected chi connectivity index (χ1v) is 7.70. The number of nitrogens with one attached hydrogen (secondary N) is 1. The molecule has 1 aliphatic rings. The van der Waals surface area contributed by atoms with E-state index in [1.54, 1.807) is 24.1 Å². The zero-order chi connectivity index (χ0) is 17.1. The molecule has 0 aromatic heterocycles. The second-order valence-electron chi connectivity index (χ2n) is 5.73. The summed E-state index contributed by atoms with van der Waals surface area (Å²) >= 11 is 0. The molecule has 0 bridgehead atoms. The standard InChI is InChI=1S/C18H18FN3O2/c1-21(15-5-3-2-4-6-15)18(24)20-14-11-17(23)22(12-14)16-9-7-13(19)8-10-16/h2-10,14H,11-12H2,1H3,(H,20,24). The molecule has 1 atom stereocenters. The minimum atomic E-state index is -0.347. The van der Waals surface area contributed by atoms with E-state index in [0.717, 1.165) is 5.69 Å². The van der Waals surface area contributed by atoms with Crippen molar-refractivity contribution >= 4 is 23.3 Å². The molecule has 3 rings (SSSR count). The number of para-hydroxylation sites is 1. The van der Waals surface area contributed by atoms with Crippen molar-refractivity contribution < 1.29 is 14.0 Å². The van der Waals surface area contributed by atoms with Crippen LogP contribution >= 0.6 is 0 Å². The summed E-state index contributed by atoms with van der Waals surface area (Å²) in [7, 11) is 1.68. The van der Waals surface area contributed by atoms with Crippen LogP contribution in [0.2, 0.25) is 0 Å². The highest BCUT2D eigenvalue weighted by molar-refractivity contribution is 5.98. The molecule has 1 heterocycles. The Balaban J connectivity index is 1.64. The van der Waals surface area contributed by atoms with Gasteiger partial charge >= 0.3 is 6.03 Å². The van der Waals surface area contributed by atoms with Crippen molar-refractivity contribution in [1.82, 2.24) is 5.32 Å². The van der Waals surface area contributed by atoms with E-state index >= 15 is 0 Å². The van der Waals surface area contributed by atoms with Gasteiger partial charge in [-0.1, -0.05) is 18.2 Å². The van der Waals surface area contributed by atoms with Crippen molar-refractivity contribution in [1.29, 1.82) is 0 Å². The number of urea groups is 1. The summed E-state index contributed by atoms with van der Waals surface area (Å²) in [6, 6.07) is 14.5. The maximum absolute atomic E-state index is 13.0. The number of hydrogen-bond donors (Lipinski definition) is 1. The lowest BCUT2D eigenvalue weighted by Gasteiger charge is -2.21. The molecule has 2 aromatic carbocycles. The van der Waals surface area contributed by atoms with Crippen LogP contribution in [0.3, 0.4) is 0 Å². The van der Waals surface area contributed by atoms with Gasteiger partial charge in [0.25, 0.3) is 0 Å². The van der Waals surface area contributed by atoms with Gasteiger partial charge in [-0.2, -0.15) is 0 Å². The molecule has 0 aliphatic carbocycles. The van der Waals surface area contributed by atoms with E-state index in [1.807, 2.05) is 30.3 Å². The molecule has 6 heteroatoms. The number of benzene rings is 2. The Kier molecular flexibility index (Phi) is 4.46. The average Bonchev–Trinajstić information content (AvgIpc) is 2.96. The third-order valence-corrected chi connectivity index (χ3v) is 4.04. The predicted octanol–water partition coefficient (Wildman–Crippen LogP) is 2.78. The van der Waals surface area contributed by atoms with Crippen molar-refractivity contribution in [2.75, 3.05) is 23.4 Å². The highest BCUT2D eigenvalue weighted by atomic mass is 19.1. The van der Waals surface area contributed by atoms with Crippen molar-refractivity contribution in [2.45, 2.75) is 12.5 Å². The van der Waals surface area contributed by atoms with Gasteiger partial charge in [0, 0.05) is 31.4 Å². The van der Waals surface area contributed by atoms with Gasteiger partial charge in [-0.05, 0) is 36.4 Å². The molecule has 1 unspecified atom stereocenters. The lowest BCUT2D eigenvalue weighted by Crippen LogP contribution is -2.44. The Labute approximate surface area is 139 Å². The van der Waals surface area contributed by atoms with Gasteiger partial charge in [0.1, 0.15) is 5.82 Å². The monoisotopic (exact) mass is 327 g/mol. The van der Waals surface area contributed by atoms with Gasteiger partial charge < -0.3 is 10.2 Å². The summed E-state index contributed by atoms with van der Waals surface area (Å²) in [6.45, 7) is 0.374. The molecular formula is C18H18FN3O2. The molecule has 1 saturated heterocycles. The molecular weight excluding hydrogens is 309 g/mol. The molecule has 0 saturated carbocycles. The number of hydrogen-bond acceptors (Lipinski definition) is 2. The predicted molar refractivity (Wildman–Crippen MR) is 90.5 cm³/mol. The van der Waals surface area contributed by atoms with Crippen LogP contribution in [-0.4, -0.2) is 31.6 Å². The van der Waals surface area contributed by atoms with Crippen LogP contribution in [0.15, 0.2) is 54.6 Å². The van der Waals surface area contributed by atoms with Crippen LogP contribution in [0.5, 0.6) is 0 Å².